The molecule has 0 bridgehead atoms. The van der Waals surface area contributed by atoms with Crippen LogP contribution in [-0.2, 0) is 15.9 Å². The van der Waals surface area contributed by atoms with Gasteiger partial charge in [-0.3, -0.25) is 9.89 Å². The van der Waals surface area contributed by atoms with Crippen LogP contribution in [0.1, 0.15) is 38.8 Å². The van der Waals surface area contributed by atoms with Gasteiger partial charge in [-0.25, -0.2) is 0 Å². The zero-order chi connectivity index (χ0) is 25.2. The molecule has 1 fully saturated rings. The van der Waals surface area contributed by atoms with E-state index in [0.29, 0.717) is 12.1 Å². The molecule has 2 aromatic carbocycles. The first-order valence-electron chi connectivity index (χ1n) is 11.2. The van der Waals surface area contributed by atoms with Crippen LogP contribution < -0.4 is 11.0 Å². The number of aromatic amines is 1. The van der Waals surface area contributed by atoms with E-state index in [1.54, 1.807) is 29.0 Å². The summed E-state index contributed by atoms with van der Waals surface area (Å²) in [6.45, 7) is 8.70. The molecule has 1 N–H and O–H groups in total. The van der Waals surface area contributed by atoms with Crippen molar-refractivity contribution >= 4 is 39.4 Å². The number of pyridine rings is 1. The highest BCUT2D eigenvalue weighted by Crippen LogP contribution is 2.36. The highest BCUT2D eigenvalue weighted by molar-refractivity contribution is 9.10. The Kier molecular flexibility index (Phi) is 6.99. The van der Waals surface area contributed by atoms with Crippen LogP contribution in [0, 0.1) is 11.3 Å². The molecule has 3 heterocycles. The number of halogens is 1. The smallest absolute Gasteiger partial charge is 0.399 e. The highest BCUT2D eigenvalue weighted by Gasteiger charge is 2.51. The Balaban J connectivity index is 0.000000165. The fourth-order valence-corrected chi connectivity index (χ4v) is 4.02. The van der Waals surface area contributed by atoms with Crippen LogP contribution in [0.3, 0.4) is 0 Å². The quantitative estimate of drug-likeness (QED) is 0.395. The second kappa shape index (κ2) is 9.82. The van der Waals surface area contributed by atoms with E-state index in [1.165, 1.54) is 6.07 Å². The van der Waals surface area contributed by atoms with Crippen LogP contribution in [-0.4, -0.2) is 33.1 Å². The van der Waals surface area contributed by atoms with Gasteiger partial charge in [0.25, 0.3) is 5.56 Å². The minimum atomic E-state index is -0.317. The maximum Gasteiger partial charge on any atom is 0.494 e. The van der Waals surface area contributed by atoms with Crippen molar-refractivity contribution in [2.24, 2.45) is 0 Å². The van der Waals surface area contributed by atoms with E-state index >= 15 is 0 Å². The van der Waals surface area contributed by atoms with Crippen molar-refractivity contribution in [1.82, 2.24) is 14.8 Å². The van der Waals surface area contributed by atoms with E-state index < -0.39 is 0 Å². The second-order valence-electron chi connectivity index (χ2n) is 9.43. The van der Waals surface area contributed by atoms with Gasteiger partial charge >= 0.3 is 7.12 Å². The van der Waals surface area contributed by atoms with E-state index in [4.69, 9.17) is 14.6 Å². The lowest BCUT2D eigenvalue weighted by molar-refractivity contribution is 0.00578. The van der Waals surface area contributed by atoms with E-state index in [2.05, 4.69) is 59.9 Å². The molecule has 5 rings (SSSR count). The van der Waals surface area contributed by atoms with Gasteiger partial charge in [0.05, 0.1) is 41.1 Å². The monoisotopic (exact) mass is 532 g/mol. The standard InChI is InChI=1S/C13H17BN2O2.C13H9BrN2O/c1-12(2)13(3,4)18-14(17-12)10-6-5-9-8-15-16-11(9)7-10;14-12-4-5-13(17)16(9-12)8-11-3-1-2-10(6-11)7-15/h5-8H,1-4H3,(H,15,16);1-6,9H,8H2. The minimum Gasteiger partial charge on any atom is -0.399 e. The molecule has 0 spiro atoms. The maximum absolute atomic E-state index is 11.6. The number of hydrogen-bond donors (Lipinski definition) is 1. The third-order valence-electron chi connectivity index (χ3n) is 6.35. The number of fused-ring (bicyclic) bond motifs is 1. The number of H-pyrrole nitrogens is 1. The fourth-order valence-electron chi connectivity index (χ4n) is 3.64. The topological polar surface area (TPSA) is 92.9 Å². The van der Waals surface area contributed by atoms with Crippen molar-refractivity contribution in [3.8, 4) is 6.07 Å². The van der Waals surface area contributed by atoms with Gasteiger partial charge < -0.3 is 13.9 Å². The summed E-state index contributed by atoms with van der Waals surface area (Å²) >= 11 is 3.33. The van der Waals surface area contributed by atoms with Gasteiger partial charge in [0.1, 0.15) is 0 Å². The maximum atomic E-state index is 11.6. The van der Waals surface area contributed by atoms with Crippen LogP contribution in [0.2, 0.25) is 0 Å². The Labute approximate surface area is 213 Å². The second-order valence-corrected chi connectivity index (χ2v) is 10.3. The summed E-state index contributed by atoms with van der Waals surface area (Å²) in [4.78, 5) is 11.6. The normalized spacial score (nSPS) is 15.9. The van der Waals surface area contributed by atoms with E-state index in [1.807, 2.05) is 36.5 Å². The number of nitriles is 1. The lowest BCUT2D eigenvalue weighted by Crippen LogP contribution is -2.41. The molecule has 0 radical (unpaired) electrons. The summed E-state index contributed by atoms with van der Waals surface area (Å²) in [7, 11) is -0.317. The number of nitrogens with zero attached hydrogens (tertiary/aromatic N) is 3. The van der Waals surface area contributed by atoms with Crippen LogP contribution in [0.4, 0.5) is 0 Å². The highest BCUT2D eigenvalue weighted by atomic mass is 79.9. The fraction of sp³-hybridized carbons (Fsp3) is 0.269. The molecule has 35 heavy (non-hydrogen) atoms. The number of hydrogen-bond acceptors (Lipinski definition) is 5. The number of benzene rings is 2. The molecule has 0 atom stereocenters. The zero-order valence-corrected chi connectivity index (χ0v) is 21.7. The summed E-state index contributed by atoms with van der Waals surface area (Å²) in [5, 5.41) is 16.9. The average molecular weight is 533 g/mol. The van der Waals surface area contributed by atoms with Crippen molar-refractivity contribution in [2.45, 2.75) is 45.4 Å². The average Bonchev–Trinajstić information content (AvgIpc) is 3.37. The molecule has 0 unspecified atom stereocenters. The first-order valence-corrected chi connectivity index (χ1v) is 12.0. The molecule has 1 aliphatic heterocycles. The first-order chi connectivity index (χ1) is 16.6. The van der Waals surface area contributed by atoms with Gasteiger partial charge in [-0.05, 0) is 78.9 Å². The van der Waals surface area contributed by atoms with Gasteiger partial charge in [0.2, 0.25) is 0 Å². The molecule has 178 valence electrons. The molecule has 1 aliphatic rings. The van der Waals surface area contributed by atoms with Gasteiger partial charge in [0.15, 0.2) is 0 Å². The van der Waals surface area contributed by atoms with Crippen molar-refractivity contribution in [2.75, 3.05) is 0 Å². The van der Waals surface area contributed by atoms with Gasteiger partial charge in [-0.15, -0.1) is 0 Å². The van der Waals surface area contributed by atoms with Crippen molar-refractivity contribution < 1.29 is 9.31 Å². The van der Waals surface area contributed by atoms with E-state index in [9.17, 15) is 4.79 Å². The third kappa shape index (κ3) is 5.56. The molecule has 2 aromatic heterocycles. The molecule has 1 saturated heterocycles. The summed E-state index contributed by atoms with van der Waals surface area (Å²) < 4.78 is 14.5. The molecule has 4 aromatic rings. The Morgan fingerprint density at radius 2 is 1.83 bits per heavy atom. The third-order valence-corrected chi connectivity index (χ3v) is 6.82. The van der Waals surface area contributed by atoms with Crippen LogP contribution in [0.5, 0.6) is 0 Å². The summed E-state index contributed by atoms with van der Waals surface area (Å²) in [6.07, 6.45) is 3.55. The van der Waals surface area contributed by atoms with Gasteiger partial charge in [-0.2, -0.15) is 10.4 Å². The number of aromatic nitrogens is 3. The number of rotatable bonds is 3. The van der Waals surface area contributed by atoms with E-state index in [0.717, 1.165) is 26.4 Å². The predicted molar refractivity (Wildman–Crippen MR) is 140 cm³/mol. The molecule has 7 nitrogen and oxygen atoms in total. The van der Waals surface area contributed by atoms with Crippen LogP contribution in [0.15, 0.2) is 76.3 Å². The summed E-state index contributed by atoms with van der Waals surface area (Å²) in [5.74, 6) is 0. The Hall–Kier alpha value is -3.19. The number of nitrogens with one attached hydrogen (secondary N) is 1. The molecule has 9 heteroatoms. The largest absolute Gasteiger partial charge is 0.494 e. The Morgan fingerprint density at radius 1 is 1.09 bits per heavy atom. The SMILES string of the molecule is CC1(C)OB(c2ccc3cn[nH]c3c2)OC1(C)C.N#Cc1cccc(Cn2cc(Br)ccc2=O)c1. The van der Waals surface area contributed by atoms with E-state index in [-0.39, 0.29) is 23.9 Å². The van der Waals surface area contributed by atoms with Gasteiger partial charge in [-0.1, -0.05) is 24.3 Å². The summed E-state index contributed by atoms with van der Waals surface area (Å²) in [5.41, 5.74) is 2.89. The van der Waals surface area contributed by atoms with Crippen LogP contribution in [0.25, 0.3) is 10.9 Å². The predicted octanol–water partition coefficient (Wildman–Crippen LogP) is 4.39. The molecule has 0 saturated carbocycles. The van der Waals surface area contributed by atoms with Crippen molar-refractivity contribution in [1.29, 1.82) is 5.26 Å². The molecular weight excluding hydrogens is 507 g/mol. The summed E-state index contributed by atoms with van der Waals surface area (Å²) in [6, 6.07) is 18.6. The van der Waals surface area contributed by atoms with Crippen molar-refractivity contribution in [3.05, 3.63) is 92.9 Å². The van der Waals surface area contributed by atoms with Crippen LogP contribution >= 0.6 is 15.9 Å². The zero-order valence-electron chi connectivity index (χ0n) is 20.1. The molecular formula is C26H26BBrN4O3. The molecule has 0 aliphatic carbocycles. The molecule has 0 amide bonds. The lowest BCUT2D eigenvalue weighted by atomic mass is 9.79. The minimum absolute atomic E-state index is 0.0597. The Morgan fingerprint density at radius 3 is 2.54 bits per heavy atom. The Bertz CT molecular complexity index is 1440. The lowest BCUT2D eigenvalue weighted by Gasteiger charge is -2.32. The van der Waals surface area contributed by atoms with Gasteiger partial charge in [0, 0.05) is 22.1 Å². The van der Waals surface area contributed by atoms with Crippen molar-refractivity contribution in [3.63, 3.8) is 0 Å². The first kappa shape index (κ1) is 24.9.